The summed E-state index contributed by atoms with van der Waals surface area (Å²) in [5, 5.41) is 9.88. The first-order valence-corrected chi connectivity index (χ1v) is 5.65. The van der Waals surface area contributed by atoms with Gasteiger partial charge in [-0.2, -0.15) is 0 Å². The molecule has 2 unspecified atom stereocenters. The molecule has 0 radical (unpaired) electrons. The molecular weight excluding hydrogens is 226 g/mol. The van der Waals surface area contributed by atoms with Crippen molar-refractivity contribution in [2.24, 2.45) is 5.92 Å². The standard InChI is InChI=1S/C13H18F2O2/c1-9(3-4-17-2)13(16)7-10-5-11(14)8-12(15)6-10/h5-6,8-9,13,16H,3-4,7H2,1-2H3. The SMILES string of the molecule is COCCC(C)C(O)Cc1cc(F)cc(F)c1. The molecule has 0 spiro atoms. The maximum absolute atomic E-state index is 12.9. The van der Waals surface area contributed by atoms with Crippen LogP contribution in [0.25, 0.3) is 0 Å². The summed E-state index contributed by atoms with van der Waals surface area (Å²) < 4.78 is 30.8. The fraction of sp³-hybridized carbons (Fsp3) is 0.538. The van der Waals surface area contributed by atoms with Crippen LogP contribution in [-0.2, 0) is 11.2 Å². The minimum Gasteiger partial charge on any atom is -0.393 e. The van der Waals surface area contributed by atoms with Gasteiger partial charge in [0.05, 0.1) is 6.10 Å². The number of halogens is 2. The zero-order chi connectivity index (χ0) is 12.8. The average Bonchev–Trinajstić information content (AvgIpc) is 2.24. The van der Waals surface area contributed by atoms with Crippen molar-refractivity contribution in [3.63, 3.8) is 0 Å². The van der Waals surface area contributed by atoms with Crippen molar-refractivity contribution in [1.29, 1.82) is 0 Å². The Morgan fingerprint density at radius 2 is 1.82 bits per heavy atom. The highest BCUT2D eigenvalue weighted by molar-refractivity contribution is 5.18. The minimum atomic E-state index is -0.619. The molecule has 0 aliphatic rings. The Morgan fingerprint density at radius 3 is 2.35 bits per heavy atom. The molecule has 1 N–H and O–H groups in total. The van der Waals surface area contributed by atoms with Crippen LogP contribution in [0.5, 0.6) is 0 Å². The van der Waals surface area contributed by atoms with Crippen LogP contribution in [0, 0.1) is 17.6 Å². The highest BCUT2D eigenvalue weighted by atomic mass is 19.1. The first-order chi connectivity index (χ1) is 8.02. The van der Waals surface area contributed by atoms with Gasteiger partial charge in [-0.15, -0.1) is 0 Å². The summed E-state index contributed by atoms with van der Waals surface area (Å²) in [6.07, 6.45) is 0.348. The number of hydrogen-bond acceptors (Lipinski definition) is 2. The minimum absolute atomic E-state index is 0.0290. The van der Waals surface area contributed by atoms with Crippen molar-refractivity contribution in [2.75, 3.05) is 13.7 Å². The predicted octanol–water partition coefficient (Wildman–Crippen LogP) is 2.54. The Balaban J connectivity index is 2.57. The predicted molar refractivity (Wildman–Crippen MR) is 61.7 cm³/mol. The van der Waals surface area contributed by atoms with Crippen LogP contribution in [0.4, 0.5) is 8.78 Å². The molecule has 0 aliphatic heterocycles. The summed E-state index contributed by atoms with van der Waals surface area (Å²) in [6, 6.07) is 3.31. The van der Waals surface area contributed by atoms with Gasteiger partial charge in [-0.05, 0) is 36.5 Å². The average molecular weight is 244 g/mol. The summed E-state index contributed by atoms with van der Waals surface area (Å²) in [6.45, 7) is 2.45. The fourth-order valence-electron chi connectivity index (χ4n) is 1.67. The molecule has 1 rings (SSSR count). The second-order valence-electron chi connectivity index (χ2n) is 4.31. The van der Waals surface area contributed by atoms with E-state index in [2.05, 4.69) is 0 Å². The van der Waals surface area contributed by atoms with Crippen LogP contribution in [0.2, 0.25) is 0 Å². The lowest BCUT2D eigenvalue weighted by molar-refractivity contribution is 0.0886. The van der Waals surface area contributed by atoms with E-state index in [0.717, 1.165) is 12.5 Å². The van der Waals surface area contributed by atoms with Crippen molar-refractivity contribution in [2.45, 2.75) is 25.9 Å². The van der Waals surface area contributed by atoms with Gasteiger partial charge < -0.3 is 9.84 Å². The monoisotopic (exact) mass is 244 g/mol. The molecule has 0 fully saturated rings. The van der Waals surface area contributed by atoms with E-state index in [4.69, 9.17) is 4.74 Å². The van der Waals surface area contributed by atoms with Crippen molar-refractivity contribution in [3.05, 3.63) is 35.4 Å². The van der Waals surface area contributed by atoms with Crippen molar-refractivity contribution in [1.82, 2.24) is 0 Å². The topological polar surface area (TPSA) is 29.5 Å². The van der Waals surface area contributed by atoms with Crippen LogP contribution < -0.4 is 0 Å². The summed E-state index contributed by atoms with van der Waals surface area (Å²) in [5.74, 6) is -1.20. The molecule has 0 bridgehead atoms. The molecule has 2 atom stereocenters. The highest BCUT2D eigenvalue weighted by Crippen LogP contribution is 2.16. The van der Waals surface area contributed by atoms with Gasteiger partial charge in [0.1, 0.15) is 11.6 Å². The van der Waals surface area contributed by atoms with Gasteiger partial charge in [0.2, 0.25) is 0 Å². The van der Waals surface area contributed by atoms with Crippen molar-refractivity contribution >= 4 is 0 Å². The lowest BCUT2D eigenvalue weighted by Crippen LogP contribution is -2.21. The molecule has 0 aromatic heterocycles. The second kappa shape index (κ2) is 6.67. The van der Waals surface area contributed by atoms with Gasteiger partial charge in [0, 0.05) is 19.8 Å². The molecule has 96 valence electrons. The number of benzene rings is 1. The molecule has 1 aromatic rings. The molecule has 4 heteroatoms. The first kappa shape index (κ1) is 14.1. The van der Waals surface area contributed by atoms with E-state index in [1.807, 2.05) is 6.92 Å². The van der Waals surface area contributed by atoms with Gasteiger partial charge >= 0.3 is 0 Å². The molecule has 0 heterocycles. The first-order valence-electron chi connectivity index (χ1n) is 5.65. The number of hydrogen-bond donors (Lipinski definition) is 1. The third-order valence-electron chi connectivity index (χ3n) is 2.80. The molecule has 1 aromatic carbocycles. The summed E-state index contributed by atoms with van der Waals surface area (Å²) in [4.78, 5) is 0. The summed E-state index contributed by atoms with van der Waals surface area (Å²) in [5.41, 5.74) is 0.472. The maximum Gasteiger partial charge on any atom is 0.126 e. The summed E-state index contributed by atoms with van der Waals surface area (Å²) >= 11 is 0. The van der Waals surface area contributed by atoms with E-state index < -0.39 is 17.7 Å². The maximum atomic E-state index is 12.9. The molecule has 17 heavy (non-hydrogen) atoms. The van der Waals surface area contributed by atoms with Crippen molar-refractivity contribution in [3.8, 4) is 0 Å². The van der Waals surface area contributed by atoms with E-state index in [9.17, 15) is 13.9 Å². The Hall–Kier alpha value is -1.00. The van der Waals surface area contributed by atoms with Gasteiger partial charge in [0.25, 0.3) is 0 Å². The largest absolute Gasteiger partial charge is 0.393 e. The molecule has 0 saturated carbocycles. The van der Waals surface area contributed by atoms with Gasteiger partial charge in [0.15, 0.2) is 0 Å². The summed E-state index contributed by atoms with van der Waals surface area (Å²) in [7, 11) is 1.60. The van der Waals surface area contributed by atoms with E-state index in [0.29, 0.717) is 12.2 Å². The zero-order valence-corrected chi connectivity index (χ0v) is 10.1. The van der Waals surface area contributed by atoms with Crippen molar-refractivity contribution < 1.29 is 18.6 Å². The lowest BCUT2D eigenvalue weighted by atomic mass is 9.95. The smallest absolute Gasteiger partial charge is 0.126 e. The molecule has 0 saturated heterocycles. The van der Waals surface area contributed by atoms with E-state index in [1.165, 1.54) is 12.1 Å². The van der Waals surface area contributed by atoms with E-state index in [-0.39, 0.29) is 12.3 Å². The third kappa shape index (κ3) is 4.79. The number of aliphatic hydroxyl groups excluding tert-OH is 1. The van der Waals surface area contributed by atoms with Gasteiger partial charge in [-0.3, -0.25) is 0 Å². The second-order valence-corrected chi connectivity index (χ2v) is 4.31. The lowest BCUT2D eigenvalue weighted by Gasteiger charge is -2.18. The molecular formula is C13H18F2O2. The third-order valence-corrected chi connectivity index (χ3v) is 2.80. The molecule has 0 amide bonds. The Bertz CT molecular complexity index is 335. The van der Waals surface area contributed by atoms with E-state index in [1.54, 1.807) is 7.11 Å². The highest BCUT2D eigenvalue weighted by Gasteiger charge is 2.15. The van der Waals surface area contributed by atoms with Crippen LogP contribution in [0.1, 0.15) is 18.9 Å². The Labute approximate surface area is 100 Å². The number of methoxy groups -OCH3 is 1. The molecule has 0 aliphatic carbocycles. The normalized spacial score (nSPS) is 14.6. The van der Waals surface area contributed by atoms with Crippen LogP contribution in [0.3, 0.4) is 0 Å². The van der Waals surface area contributed by atoms with Crippen LogP contribution in [0.15, 0.2) is 18.2 Å². The van der Waals surface area contributed by atoms with E-state index >= 15 is 0 Å². The van der Waals surface area contributed by atoms with Gasteiger partial charge in [-0.1, -0.05) is 6.92 Å². The zero-order valence-electron chi connectivity index (χ0n) is 10.1. The van der Waals surface area contributed by atoms with Gasteiger partial charge in [-0.25, -0.2) is 8.78 Å². The van der Waals surface area contributed by atoms with Crippen LogP contribution >= 0.6 is 0 Å². The van der Waals surface area contributed by atoms with Crippen LogP contribution in [-0.4, -0.2) is 24.9 Å². The quantitative estimate of drug-likeness (QED) is 0.833. The fourth-order valence-corrected chi connectivity index (χ4v) is 1.67. The molecule has 2 nitrogen and oxygen atoms in total. The number of aliphatic hydroxyl groups is 1. The number of rotatable bonds is 6. The Kier molecular flexibility index (Phi) is 5.51. The Morgan fingerprint density at radius 1 is 1.24 bits per heavy atom. The number of ether oxygens (including phenoxy) is 1.